The molecule has 1 aliphatic carbocycles. The number of anilines is 1. The number of benzene rings is 2. The van der Waals surface area contributed by atoms with Crippen LogP contribution in [0.5, 0.6) is 5.75 Å². The molecule has 1 saturated carbocycles. The lowest BCUT2D eigenvalue weighted by molar-refractivity contribution is -0.461. The highest BCUT2D eigenvalue weighted by Gasteiger charge is 2.57. The van der Waals surface area contributed by atoms with Crippen LogP contribution in [0.25, 0.3) is 11.3 Å². The van der Waals surface area contributed by atoms with Crippen molar-refractivity contribution in [2.75, 3.05) is 18.5 Å². The number of ether oxygens (including phenoxy) is 2. The predicted molar refractivity (Wildman–Crippen MR) is 139 cm³/mol. The summed E-state index contributed by atoms with van der Waals surface area (Å²) in [7, 11) is 0. The van der Waals surface area contributed by atoms with Gasteiger partial charge in [0.2, 0.25) is 5.91 Å². The highest BCUT2D eigenvalue weighted by Crippen LogP contribution is 2.53. The summed E-state index contributed by atoms with van der Waals surface area (Å²) in [6, 6.07) is 16.5. The summed E-state index contributed by atoms with van der Waals surface area (Å²) < 4.78 is 65.3. The van der Waals surface area contributed by atoms with Crippen molar-refractivity contribution in [1.29, 1.82) is 0 Å². The number of carbonyl (C=O) groups excluding carboxylic acids is 1. The molecule has 0 spiro atoms. The highest BCUT2D eigenvalue weighted by atomic mass is 32.2. The molecule has 1 atom stereocenters. The van der Waals surface area contributed by atoms with E-state index in [1.54, 1.807) is 24.1 Å². The molecule has 3 aromatic rings. The van der Waals surface area contributed by atoms with Crippen molar-refractivity contribution in [3.63, 3.8) is 0 Å². The molecule has 3 aliphatic rings. The average Bonchev–Trinajstić information content (AvgIpc) is 3.61. The molecule has 3 heterocycles. The van der Waals surface area contributed by atoms with Gasteiger partial charge in [0.1, 0.15) is 11.6 Å². The van der Waals surface area contributed by atoms with Crippen LogP contribution in [0.2, 0.25) is 0 Å². The topological polar surface area (TPSA) is 83.9 Å². The first-order valence-corrected chi connectivity index (χ1v) is 13.6. The molecule has 1 saturated heterocycles. The van der Waals surface area contributed by atoms with E-state index in [1.165, 1.54) is 6.07 Å². The predicted octanol–water partition coefficient (Wildman–Crippen LogP) is 5.89. The van der Waals surface area contributed by atoms with Crippen LogP contribution in [0, 0.1) is 0 Å². The van der Waals surface area contributed by atoms with E-state index in [-0.39, 0.29) is 18.2 Å². The number of hydrogen-bond acceptors (Lipinski definition) is 7. The number of halogens is 4. The number of amides is 1. The largest absolute Gasteiger partial charge is 0.540 e. The third kappa shape index (κ3) is 5.16. The van der Waals surface area contributed by atoms with E-state index < -0.39 is 35.0 Å². The molecule has 1 amide bonds. The van der Waals surface area contributed by atoms with Gasteiger partial charge >= 0.3 is 12.4 Å². The highest BCUT2D eigenvalue weighted by molar-refractivity contribution is 7.97. The Morgan fingerprint density at radius 2 is 1.88 bits per heavy atom. The second-order valence-corrected chi connectivity index (χ2v) is 11.2. The van der Waals surface area contributed by atoms with E-state index in [0.29, 0.717) is 24.4 Å². The number of aliphatic hydroxyl groups is 1. The molecule has 2 aliphatic heterocycles. The van der Waals surface area contributed by atoms with Gasteiger partial charge in [-0.15, -0.1) is 8.78 Å². The smallest absolute Gasteiger partial charge is 0.409 e. The van der Waals surface area contributed by atoms with Gasteiger partial charge in [0, 0.05) is 23.0 Å². The summed E-state index contributed by atoms with van der Waals surface area (Å²) in [6.07, 6.45) is -5.91. The number of carbonyl (C=O) groups is 1. The van der Waals surface area contributed by atoms with Crippen LogP contribution in [0.1, 0.15) is 36.8 Å². The van der Waals surface area contributed by atoms with Gasteiger partial charge in [-0.05, 0) is 79.6 Å². The van der Waals surface area contributed by atoms with Crippen molar-refractivity contribution in [2.45, 2.75) is 54.4 Å². The maximum Gasteiger partial charge on any atom is 0.540 e. The number of pyridine rings is 1. The molecule has 0 radical (unpaired) electrons. The second kappa shape index (κ2) is 10.0. The van der Waals surface area contributed by atoms with Crippen LogP contribution in [-0.4, -0.2) is 45.8 Å². The first kappa shape index (κ1) is 27.0. The Kier molecular flexibility index (Phi) is 6.76. The van der Waals surface area contributed by atoms with Crippen molar-refractivity contribution < 1.29 is 36.9 Å². The van der Waals surface area contributed by atoms with Crippen molar-refractivity contribution in [1.82, 2.24) is 9.29 Å². The maximum atomic E-state index is 14.3. The summed E-state index contributed by atoms with van der Waals surface area (Å²) in [5.74, 6) is -0.836. The van der Waals surface area contributed by atoms with Gasteiger partial charge in [-0.1, -0.05) is 24.3 Å². The number of fused-ring (bicyclic) bond motifs is 1. The van der Waals surface area contributed by atoms with Gasteiger partial charge in [0.25, 0.3) is 0 Å². The van der Waals surface area contributed by atoms with E-state index >= 15 is 0 Å². The zero-order valence-corrected chi connectivity index (χ0v) is 21.9. The zero-order chi connectivity index (χ0) is 28.1. The molecule has 1 aromatic heterocycles. The molecule has 7 nitrogen and oxygen atoms in total. The molecule has 2 aromatic carbocycles. The molecule has 12 heteroatoms. The number of hydrogen-bond donors (Lipinski definition) is 2. The summed E-state index contributed by atoms with van der Waals surface area (Å²) >= 11 is 1.61. The summed E-state index contributed by atoms with van der Waals surface area (Å²) in [4.78, 5) is 18.9. The minimum atomic E-state index is -4.46. The van der Waals surface area contributed by atoms with Gasteiger partial charge in [-0.3, -0.25) is 4.79 Å². The Balaban J connectivity index is 1.17. The minimum absolute atomic E-state index is 0.134. The van der Waals surface area contributed by atoms with E-state index in [2.05, 4.69) is 24.1 Å². The first-order chi connectivity index (χ1) is 19.1. The average molecular weight is 576 g/mol. The molecular formula is C28H25F4N3O4S. The standard InChI is InChI=1S/C28H25F4N3O4S/c29-27(30)21-15-18(8-11-23(21)38-28(31,32)39-27)26(12-13-26)25(37)34-24-5-1-4-22(33-24)17-6-9-20(10-7-17)40-35-14-2-3-19(35)16-36/h1,4-11,15,19,36H,2-3,12-14,16H2,(H,33,34,37)/t19-/m1/s1. The number of alkyl halides is 4. The minimum Gasteiger partial charge on any atom is -0.409 e. The van der Waals surface area contributed by atoms with Gasteiger partial charge in [0.05, 0.1) is 23.3 Å². The summed E-state index contributed by atoms with van der Waals surface area (Å²) in [5, 5.41) is 12.3. The fourth-order valence-corrected chi connectivity index (χ4v) is 6.17. The third-order valence-electron chi connectivity index (χ3n) is 7.40. The monoisotopic (exact) mass is 575 g/mol. The molecular weight excluding hydrogens is 550 g/mol. The van der Waals surface area contributed by atoms with E-state index in [0.717, 1.165) is 42.0 Å². The van der Waals surface area contributed by atoms with E-state index in [1.807, 2.05) is 30.3 Å². The van der Waals surface area contributed by atoms with Gasteiger partial charge in [-0.2, -0.15) is 8.78 Å². The SMILES string of the molecule is O=C(Nc1cccc(-c2ccc(SN3CCC[C@@H]3CO)cc2)n1)C1(c2ccc3c(c2)C(F)(F)OC(F)(F)O3)CC1. The van der Waals surface area contributed by atoms with Crippen molar-refractivity contribution >= 4 is 23.7 Å². The Morgan fingerprint density at radius 1 is 1.10 bits per heavy atom. The van der Waals surface area contributed by atoms with E-state index in [9.17, 15) is 27.5 Å². The van der Waals surface area contributed by atoms with Crippen LogP contribution >= 0.6 is 11.9 Å². The van der Waals surface area contributed by atoms with Crippen LogP contribution in [-0.2, 0) is 21.1 Å². The third-order valence-corrected chi connectivity index (χ3v) is 8.60. The molecule has 40 heavy (non-hydrogen) atoms. The summed E-state index contributed by atoms with van der Waals surface area (Å²) in [6.45, 7) is 1.06. The van der Waals surface area contributed by atoms with Crippen LogP contribution in [0.4, 0.5) is 23.4 Å². The molecule has 6 rings (SSSR count). The van der Waals surface area contributed by atoms with Crippen molar-refractivity contribution in [3.8, 4) is 17.0 Å². The van der Waals surface area contributed by atoms with Crippen LogP contribution < -0.4 is 10.1 Å². The number of rotatable bonds is 7. The fourth-order valence-electron chi connectivity index (χ4n) is 5.10. The maximum absolute atomic E-state index is 14.3. The lowest BCUT2D eigenvalue weighted by Gasteiger charge is -2.31. The van der Waals surface area contributed by atoms with Gasteiger partial charge in [-0.25, -0.2) is 14.0 Å². The lowest BCUT2D eigenvalue weighted by Crippen LogP contribution is -2.41. The number of aliphatic hydroxyl groups excluding tert-OH is 1. The first-order valence-electron chi connectivity index (χ1n) is 12.8. The molecule has 2 N–H and O–H groups in total. The summed E-state index contributed by atoms with van der Waals surface area (Å²) in [5.41, 5.74) is -0.212. The zero-order valence-electron chi connectivity index (χ0n) is 21.1. The number of aromatic nitrogens is 1. The van der Waals surface area contributed by atoms with Gasteiger partial charge in [0.15, 0.2) is 0 Å². The Labute approximate surface area is 231 Å². The molecule has 210 valence electrons. The number of nitrogens with zero attached hydrogens (tertiary/aromatic N) is 2. The molecule has 2 fully saturated rings. The molecule has 0 unspecified atom stereocenters. The quantitative estimate of drug-likeness (QED) is 0.269. The van der Waals surface area contributed by atoms with E-state index in [4.69, 9.17) is 0 Å². The van der Waals surface area contributed by atoms with Crippen LogP contribution in [0.15, 0.2) is 65.6 Å². The van der Waals surface area contributed by atoms with Crippen molar-refractivity contribution in [2.24, 2.45) is 0 Å². The van der Waals surface area contributed by atoms with Crippen molar-refractivity contribution in [3.05, 3.63) is 71.8 Å². The fraction of sp³-hybridized carbons (Fsp3) is 0.357. The second-order valence-electron chi connectivity index (χ2n) is 10.1. The Bertz CT molecular complexity index is 1440. The van der Waals surface area contributed by atoms with Crippen LogP contribution in [0.3, 0.4) is 0 Å². The van der Waals surface area contributed by atoms with Gasteiger partial charge < -0.3 is 15.2 Å². The Hall–Kier alpha value is -3.19. The molecule has 0 bridgehead atoms. The normalized spacial score (nSPS) is 22.3. The Morgan fingerprint density at radius 3 is 2.60 bits per heavy atom. The number of nitrogens with one attached hydrogen (secondary N) is 1. The lowest BCUT2D eigenvalue weighted by atomic mass is 9.92.